The second-order valence-electron chi connectivity index (χ2n) is 6.06. The van der Waals surface area contributed by atoms with Crippen LogP contribution in [-0.2, 0) is 4.79 Å². The summed E-state index contributed by atoms with van der Waals surface area (Å²) in [4.78, 5) is 13.0. The zero-order valence-electron chi connectivity index (χ0n) is 12.6. The minimum atomic E-state index is -0.418. The Morgan fingerprint density at radius 2 is 1.83 bits per heavy atom. The van der Waals surface area contributed by atoms with E-state index in [1.165, 1.54) is 0 Å². The molecule has 0 spiro atoms. The van der Waals surface area contributed by atoms with E-state index in [0.29, 0.717) is 5.56 Å². The van der Waals surface area contributed by atoms with Gasteiger partial charge < -0.3 is 4.57 Å². The molecule has 1 unspecified atom stereocenters. The Bertz CT molecular complexity index is 928. The first kappa shape index (κ1) is 13.8. The van der Waals surface area contributed by atoms with Gasteiger partial charge in [-0.15, -0.1) is 0 Å². The molecule has 0 N–H and O–H groups in total. The molecular weight excluding hydrogens is 284 g/mol. The Morgan fingerprint density at radius 1 is 1.09 bits per heavy atom. The maximum atomic E-state index is 13.0. The predicted octanol–water partition coefficient (Wildman–Crippen LogP) is 4.08. The second-order valence-corrected chi connectivity index (χ2v) is 6.06. The molecule has 1 aromatic heterocycles. The van der Waals surface area contributed by atoms with Crippen molar-refractivity contribution in [2.45, 2.75) is 18.9 Å². The van der Waals surface area contributed by atoms with Crippen molar-refractivity contribution in [2.24, 2.45) is 5.92 Å². The number of rotatable bonds is 4. The van der Waals surface area contributed by atoms with Gasteiger partial charge in [0.05, 0.1) is 11.6 Å². The Labute approximate surface area is 134 Å². The monoisotopic (exact) mass is 300 g/mol. The van der Waals surface area contributed by atoms with Gasteiger partial charge in [-0.25, -0.2) is 0 Å². The van der Waals surface area contributed by atoms with Crippen molar-refractivity contribution in [3.8, 4) is 6.07 Å². The van der Waals surface area contributed by atoms with E-state index in [1.54, 1.807) is 6.07 Å². The lowest BCUT2D eigenvalue weighted by Crippen LogP contribution is -2.22. The van der Waals surface area contributed by atoms with Crippen LogP contribution >= 0.6 is 0 Å². The molecule has 3 nitrogen and oxygen atoms in total. The average Bonchev–Trinajstić information content (AvgIpc) is 3.37. The van der Waals surface area contributed by atoms with Crippen LogP contribution in [0.15, 0.2) is 60.8 Å². The van der Waals surface area contributed by atoms with Crippen LogP contribution in [0, 0.1) is 17.2 Å². The van der Waals surface area contributed by atoms with Gasteiger partial charge in [-0.05, 0) is 36.4 Å². The van der Waals surface area contributed by atoms with E-state index in [1.807, 2.05) is 59.3 Å². The first-order chi connectivity index (χ1) is 11.3. The summed E-state index contributed by atoms with van der Waals surface area (Å²) in [6, 6.07) is 19.3. The van der Waals surface area contributed by atoms with E-state index in [4.69, 9.17) is 0 Å². The molecule has 112 valence electrons. The Balaban J connectivity index is 1.93. The molecule has 0 saturated heterocycles. The molecule has 0 bridgehead atoms. The number of benzene rings is 2. The fourth-order valence-electron chi connectivity index (χ4n) is 3.20. The summed E-state index contributed by atoms with van der Waals surface area (Å²) in [6.07, 6.45) is 3.89. The number of carbonyl (C=O) groups is 1. The van der Waals surface area contributed by atoms with Gasteiger partial charge in [0, 0.05) is 23.2 Å². The summed E-state index contributed by atoms with van der Waals surface area (Å²) in [7, 11) is 0. The topological polar surface area (TPSA) is 45.8 Å². The molecule has 3 aromatic rings. The van der Waals surface area contributed by atoms with Crippen LogP contribution in [-0.4, -0.2) is 10.4 Å². The van der Waals surface area contributed by atoms with Crippen molar-refractivity contribution in [1.82, 2.24) is 4.57 Å². The third kappa shape index (κ3) is 2.33. The van der Waals surface area contributed by atoms with Gasteiger partial charge in [0.15, 0.2) is 5.78 Å². The summed E-state index contributed by atoms with van der Waals surface area (Å²) in [5.41, 5.74) is 2.40. The number of carbonyl (C=O) groups excluding carboxylic acids is 1. The van der Waals surface area contributed by atoms with Gasteiger partial charge >= 0.3 is 0 Å². The molecule has 23 heavy (non-hydrogen) atoms. The molecule has 1 fully saturated rings. The highest BCUT2D eigenvalue weighted by molar-refractivity contribution is 5.92. The molecule has 4 rings (SSSR count). The molecule has 1 heterocycles. The fourth-order valence-corrected chi connectivity index (χ4v) is 3.20. The molecule has 1 aliphatic rings. The number of hydrogen-bond acceptors (Lipinski definition) is 2. The maximum absolute atomic E-state index is 13.0. The number of ketones is 1. The molecule has 0 radical (unpaired) electrons. The first-order valence-corrected chi connectivity index (χ1v) is 7.88. The van der Waals surface area contributed by atoms with E-state index < -0.39 is 6.04 Å². The van der Waals surface area contributed by atoms with Crippen molar-refractivity contribution in [1.29, 1.82) is 5.26 Å². The van der Waals surface area contributed by atoms with E-state index >= 15 is 0 Å². The highest BCUT2D eigenvalue weighted by Crippen LogP contribution is 2.38. The highest BCUT2D eigenvalue weighted by Gasteiger charge is 2.37. The van der Waals surface area contributed by atoms with Gasteiger partial charge in [-0.3, -0.25) is 4.79 Å². The minimum Gasteiger partial charge on any atom is -0.333 e. The number of aromatic nitrogens is 1. The van der Waals surface area contributed by atoms with Gasteiger partial charge in [0.25, 0.3) is 0 Å². The van der Waals surface area contributed by atoms with Gasteiger partial charge in [0.2, 0.25) is 0 Å². The quantitative estimate of drug-likeness (QED) is 0.728. The fraction of sp³-hybridized carbons (Fsp3) is 0.200. The minimum absolute atomic E-state index is 0.132. The van der Waals surface area contributed by atoms with Crippen LogP contribution in [0.25, 0.3) is 10.9 Å². The standard InChI is InChI=1S/C20H16N2O/c21-13-16-6-1-3-7-17(16)19(20(23)15-9-10-15)22-12-11-14-5-2-4-8-18(14)22/h1-8,11-12,15,19H,9-10H2. The smallest absolute Gasteiger partial charge is 0.163 e. The summed E-state index contributed by atoms with van der Waals surface area (Å²) >= 11 is 0. The summed E-state index contributed by atoms with van der Waals surface area (Å²) in [6.45, 7) is 0. The summed E-state index contributed by atoms with van der Waals surface area (Å²) in [5.74, 6) is 0.349. The molecule has 3 heteroatoms. The molecular formula is C20H16N2O. The number of nitrogens with zero attached hydrogens (tertiary/aromatic N) is 2. The van der Waals surface area contributed by atoms with E-state index in [0.717, 1.165) is 29.3 Å². The van der Waals surface area contributed by atoms with Crippen LogP contribution in [0.3, 0.4) is 0 Å². The lowest BCUT2D eigenvalue weighted by atomic mass is 9.95. The van der Waals surface area contributed by atoms with Crippen LogP contribution in [0.4, 0.5) is 0 Å². The Hall–Kier alpha value is -2.86. The second kappa shape index (κ2) is 5.40. The number of nitriles is 1. The van der Waals surface area contributed by atoms with Crippen LogP contribution < -0.4 is 0 Å². The number of hydrogen-bond donors (Lipinski definition) is 0. The van der Waals surface area contributed by atoms with Crippen molar-refractivity contribution in [3.05, 3.63) is 71.9 Å². The molecule has 0 amide bonds. The zero-order chi connectivity index (χ0) is 15.8. The molecule has 1 aliphatic carbocycles. The van der Waals surface area contributed by atoms with Crippen LogP contribution in [0.1, 0.15) is 30.0 Å². The SMILES string of the molecule is N#Cc1ccccc1C(C(=O)C1CC1)n1ccc2ccccc21. The third-order valence-electron chi connectivity index (χ3n) is 4.53. The van der Waals surface area contributed by atoms with E-state index in [-0.39, 0.29) is 11.7 Å². The van der Waals surface area contributed by atoms with Crippen molar-refractivity contribution < 1.29 is 4.79 Å². The number of para-hydroxylation sites is 1. The van der Waals surface area contributed by atoms with Crippen LogP contribution in [0.2, 0.25) is 0 Å². The van der Waals surface area contributed by atoms with Gasteiger partial charge in [-0.2, -0.15) is 5.26 Å². The van der Waals surface area contributed by atoms with Crippen LogP contribution in [0.5, 0.6) is 0 Å². The predicted molar refractivity (Wildman–Crippen MR) is 89.0 cm³/mol. The van der Waals surface area contributed by atoms with Gasteiger partial charge in [0.1, 0.15) is 6.04 Å². The normalized spacial score (nSPS) is 15.3. The summed E-state index contributed by atoms with van der Waals surface area (Å²) in [5, 5.41) is 10.6. The number of Topliss-reactive ketones (excluding diaryl/α,β-unsaturated/α-hetero) is 1. The Kier molecular flexibility index (Phi) is 3.24. The Morgan fingerprint density at radius 3 is 2.61 bits per heavy atom. The molecule has 0 aliphatic heterocycles. The maximum Gasteiger partial charge on any atom is 0.163 e. The summed E-state index contributed by atoms with van der Waals surface area (Å²) < 4.78 is 2.02. The van der Waals surface area contributed by atoms with Crippen molar-refractivity contribution >= 4 is 16.7 Å². The van der Waals surface area contributed by atoms with Crippen molar-refractivity contribution in [3.63, 3.8) is 0 Å². The molecule has 1 atom stereocenters. The van der Waals surface area contributed by atoms with Gasteiger partial charge in [-0.1, -0.05) is 36.4 Å². The molecule has 2 aromatic carbocycles. The lowest BCUT2D eigenvalue weighted by molar-refractivity contribution is -0.122. The van der Waals surface area contributed by atoms with E-state index in [2.05, 4.69) is 6.07 Å². The third-order valence-corrected chi connectivity index (χ3v) is 4.53. The zero-order valence-corrected chi connectivity index (χ0v) is 12.6. The van der Waals surface area contributed by atoms with Crippen molar-refractivity contribution in [2.75, 3.05) is 0 Å². The van der Waals surface area contributed by atoms with E-state index in [9.17, 15) is 10.1 Å². The number of fused-ring (bicyclic) bond motifs is 1. The average molecular weight is 300 g/mol. The molecule has 1 saturated carbocycles. The highest BCUT2D eigenvalue weighted by atomic mass is 16.1. The largest absolute Gasteiger partial charge is 0.333 e. The lowest BCUT2D eigenvalue weighted by Gasteiger charge is -2.20. The first-order valence-electron chi connectivity index (χ1n) is 7.88.